The molecule has 0 radical (unpaired) electrons. The highest BCUT2D eigenvalue weighted by Crippen LogP contribution is 2.14. The van der Waals surface area contributed by atoms with E-state index in [4.69, 9.17) is 9.47 Å². The summed E-state index contributed by atoms with van der Waals surface area (Å²) < 4.78 is 12.0. The second-order valence-electron chi connectivity index (χ2n) is 6.66. The van der Waals surface area contributed by atoms with Gasteiger partial charge >= 0.3 is 5.97 Å². The summed E-state index contributed by atoms with van der Waals surface area (Å²) in [5.74, 6) is -0.169. The Balaban J connectivity index is 1.36. The van der Waals surface area contributed by atoms with Gasteiger partial charge in [-0.3, -0.25) is 4.79 Å². The van der Waals surface area contributed by atoms with Crippen molar-refractivity contribution in [1.82, 2.24) is 15.0 Å². The van der Waals surface area contributed by atoms with Crippen LogP contribution < -0.4 is 4.74 Å². The normalized spacial score (nSPS) is 10.7. The van der Waals surface area contributed by atoms with Gasteiger partial charge in [0, 0.05) is 5.56 Å². The van der Waals surface area contributed by atoms with Crippen molar-refractivity contribution < 1.29 is 19.1 Å². The molecule has 4 aromatic rings. The minimum Gasteiger partial charge on any atom is -0.497 e. The number of ketones is 1. The van der Waals surface area contributed by atoms with Crippen LogP contribution in [0.5, 0.6) is 5.75 Å². The van der Waals surface area contributed by atoms with E-state index in [2.05, 4.69) is 10.3 Å². The van der Waals surface area contributed by atoms with Crippen LogP contribution in [0.3, 0.4) is 0 Å². The standard InChI is InChI=1S/C23H19N3O4/c1-29-19-12-10-17(11-13-19)22(27)15-30-23(28)18-8-6-16(7-9-18)14-26-21-5-3-2-4-20(21)24-25-26/h2-13H,14-15H2,1H3. The number of carbonyl (C=O) groups excluding carboxylic acids is 2. The Kier molecular flexibility index (Phi) is 5.52. The fraction of sp³-hybridized carbons (Fsp3) is 0.130. The molecule has 0 atom stereocenters. The topological polar surface area (TPSA) is 83.3 Å². The minimum absolute atomic E-state index is 0.277. The molecule has 0 saturated carbocycles. The zero-order valence-electron chi connectivity index (χ0n) is 16.3. The van der Waals surface area contributed by atoms with Crippen molar-refractivity contribution in [2.75, 3.05) is 13.7 Å². The molecule has 0 saturated heterocycles. The lowest BCUT2D eigenvalue weighted by molar-refractivity contribution is 0.0474. The number of carbonyl (C=O) groups is 2. The number of methoxy groups -OCH3 is 1. The van der Waals surface area contributed by atoms with E-state index in [1.165, 1.54) is 0 Å². The minimum atomic E-state index is -0.547. The van der Waals surface area contributed by atoms with Crippen molar-refractivity contribution in [1.29, 1.82) is 0 Å². The first-order valence-corrected chi connectivity index (χ1v) is 9.35. The van der Waals surface area contributed by atoms with Gasteiger partial charge in [-0.2, -0.15) is 0 Å². The zero-order valence-corrected chi connectivity index (χ0v) is 16.3. The Morgan fingerprint density at radius 1 is 0.900 bits per heavy atom. The third kappa shape index (κ3) is 4.20. The molecular weight excluding hydrogens is 382 g/mol. The molecule has 0 amide bonds. The molecule has 1 heterocycles. The number of esters is 1. The maximum Gasteiger partial charge on any atom is 0.338 e. The van der Waals surface area contributed by atoms with Gasteiger partial charge in [-0.1, -0.05) is 29.5 Å². The molecular formula is C23H19N3O4. The summed E-state index contributed by atoms with van der Waals surface area (Å²) in [6, 6.07) is 21.4. The number of benzene rings is 3. The third-order valence-electron chi connectivity index (χ3n) is 4.69. The van der Waals surface area contributed by atoms with E-state index in [9.17, 15) is 9.59 Å². The second-order valence-corrected chi connectivity index (χ2v) is 6.66. The van der Waals surface area contributed by atoms with Crippen LogP contribution in [0, 0.1) is 0 Å². The predicted molar refractivity (Wildman–Crippen MR) is 111 cm³/mol. The van der Waals surface area contributed by atoms with Crippen LogP contribution in [0.4, 0.5) is 0 Å². The van der Waals surface area contributed by atoms with Gasteiger partial charge in [0.1, 0.15) is 11.3 Å². The molecule has 0 aliphatic heterocycles. The van der Waals surface area contributed by atoms with Crippen LogP contribution in [-0.4, -0.2) is 40.5 Å². The first-order chi connectivity index (χ1) is 14.6. The number of para-hydroxylation sites is 1. The van der Waals surface area contributed by atoms with Crippen molar-refractivity contribution in [3.63, 3.8) is 0 Å². The van der Waals surface area contributed by atoms with Crippen LogP contribution in [0.25, 0.3) is 11.0 Å². The lowest BCUT2D eigenvalue weighted by Gasteiger charge is -2.07. The summed E-state index contributed by atoms with van der Waals surface area (Å²) in [6.45, 7) is 0.212. The van der Waals surface area contributed by atoms with E-state index in [1.807, 2.05) is 36.4 Å². The molecule has 0 aliphatic rings. The Labute approximate surface area is 172 Å². The van der Waals surface area contributed by atoms with Crippen molar-refractivity contribution in [2.45, 2.75) is 6.54 Å². The van der Waals surface area contributed by atoms with Gasteiger partial charge in [0.15, 0.2) is 12.4 Å². The van der Waals surface area contributed by atoms with Gasteiger partial charge < -0.3 is 9.47 Å². The maximum atomic E-state index is 12.3. The molecule has 0 aliphatic carbocycles. The highest BCUT2D eigenvalue weighted by molar-refractivity contribution is 5.99. The molecule has 0 spiro atoms. The number of hydrogen-bond acceptors (Lipinski definition) is 6. The van der Waals surface area contributed by atoms with Crippen molar-refractivity contribution in [3.05, 3.63) is 89.5 Å². The average molecular weight is 401 g/mol. The lowest BCUT2D eigenvalue weighted by Crippen LogP contribution is -2.14. The van der Waals surface area contributed by atoms with Crippen LogP contribution in [0.15, 0.2) is 72.8 Å². The number of hydrogen-bond donors (Lipinski definition) is 0. The number of Topliss-reactive ketones (excluding diaryl/α,β-unsaturated/α-hetero) is 1. The summed E-state index contributed by atoms with van der Waals surface area (Å²) in [7, 11) is 1.55. The fourth-order valence-corrected chi connectivity index (χ4v) is 3.03. The summed E-state index contributed by atoms with van der Waals surface area (Å²) in [5.41, 5.74) is 3.58. The SMILES string of the molecule is COc1ccc(C(=O)COC(=O)c2ccc(Cn3nnc4ccccc43)cc2)cc1. The van der Waals surface area contributed by atoms with Crippen molar-refractivity contribution in [2.24, 2.45) is 0 Å². The van der Waals surface area contributed by atoms with Crippen LogP contribution >= 0.6 is 0 Å². The Morgan fingerprint density at radius 2 is 1.60 bits per heavy atom. The van der Waals surface area contributed by atoms with E-state index in [1.54, 1.807) is 48.2 Å². The predicted octanol–water partition coefficient (Wildman–Crippen LogP) is 3.53. The van der Waals surface area contributed by atoms with E-state index in [0.717, 1.165) is 16.6 Å². The molecule has 7 heteroatoms. The molecule has 30 heavy (non-hydrogen) atoms. The lowest BCUT2D eigenvalue weighted by atomic mass is 10.1. The van der Waals surface area contributed by atoms with Crippen molar-refractivity contribution in [3.8, 4) is 5.75 Å². The molecule has 4 rings (SSSR count). The number of aromatic nitrogens is 3. The van der Waals surface area contributed by atoms with Gasteiger partial charge in [-0.05, 0) is 54.1 Å². The van der Waals surface area contributed by atoms with Gasteiger partial charge in [-0.15, -0.1) is 5.10 Å². The van der Waals surface area contributed by atoms with E-state index < -0.39 is 5.97 Å². The quantitative estimate of drug-likeness (QED) is 0.348. The van der Waals surface area contributed by atoms with Gasteiger partial charge in [0.05, 0.1) is 24.7 Å². The number of rotatable bonds is 7. The fourth-order valence-electron chi connectivity index (χ4n) is 3.03. The summed E-state index contributed by atoms with van der Waals surface area (Å²) >= 11 is 0. The molecule has 1 aromatic heterocycles. The zero-order chi connectivity index (χ0) is 20.9. The van der Waals surface area contributed by atoms with Gasteiger partial charge in [0.25, 0.3) is 0 Å². The van der Waals surface area contributed by atoms with Crippen LogP contribution in [0.1, 0.15) is 26.3 Å². The van der Waals surface area contributed by atoms with E-state index >= 15 is 0 Å². The van der Waals surface area contributed by atoms with Crippen LogP contribution in [0.2, 0.25) is 0 Å². The molecule has 3 aromatic carbocycles. The third-order valence-corrected chi connectivity index (χ3v) is 4.69. The first-order valence-electron chi connectivity index (χ1n) is 9.35. The molecule has 0 unspecified atom stereocenters. The number of fused-ring (bicyclic) bond motifs is 1. The molecule has 150 valence electrons. The smallest absolute Gasteiger partial charge is 0.338 e. The highest BCUT2D eigenvalue weighted by Gasteiger charge is 2.12. The Bertz CT molecular complexity index is 1180. The molecule has 7 nitrogen and oxygen atoms in total. The molecule has 0 bridgehead atoms. The van der Waals surface area contributed by atoms with E-state index in [-0.39, 0.29) is 12.4 Å². The van der Waals surface area contributed by atoms with Crippen LogP contribution in [-0.2, 0) is 11.3 Å². The number of nitrogens with zero attached hydrogens (tertiary/aromatic N) is 3. The van der Waals surface area contributed by atoms with E-state index in [0.29, 0.717) is 23.4 Å². The Morgan fingerprint density at radius 3 is 2.33 bits per heavy atom. The summed E-state index contributed by atoms with van der Waals surface area (Å²) in [6.07, 6.45) is 0. The molecule has 0 N–H and O–H groups in total. The summed E-state index contributed by atoms with van der Waals surface area (Å²) in [5, 5.41) is 8.30. The first kappa shape index (κ1) is 19.3. The summed E-state index contributed by atoms with van der Waals surface area (Å²) in [4.78, 5) is 24.4. The largest absolute Gasteiger partial charge is 0.497 e. The Hall–Kier alpha value is -4.00. The average Bonchev–Trinajstić information content (AvgIpc) is 3.20. The van der Waals surface area contributed by atoms with Gasteiger partial charge in [0.2, 0.25) is 0 Å². The van der Waals surface area contributed by atoms with Gasteiger partial charge in [-0.25, -0.2) is 9.48 Å². The monoisotopic (exact) mass is 401 g/mol. The van der Waals surface area contributed by atoms with Crippen molar-refractivity contribution >= 4 is 22.8 Å². The highest BCUT2D eigenvalue weighted by atomic mass is 16.5. The maximum absolute atomic E-state index is 12.3. The second kappa shape index (κ2) is 8.57. The number of ether oxygens (including phenoxy) is 2. The molecule has 0 fully saturated rings.